The second-order valence-electron chi connectivity index (χ2n) is 6.45. The summed E-state index contributed by atoms with van der Waals surface area (Å²) in [5.41, 5.74) is 3.19. The number of carbonyl (C=O) groups excluding carboxylic acids is 1. The van der Waals surface area contributed by atoms with E-state index in [-0.39, 0.29) is 5.78 Å². The molecule has 1 aliphatic heterocycles. The van der Waals surface area contributed by atoms with Crippen LogP contribution in [0.1, 0.15) is 21.5 Å². The van der Waals surface area contributed by atoms with Crippen molar-refractivity contribution in [3.8, 4) is 11.5 Å². The summed E-state index contributed by atoms with van der Waals surface area (Å²) >= 11 is 0. The summed E-state index contributed by atoms with van der Waals surface area (Å²) in [6.45, 7) is 1.87. The molecule has 132 valence electrons. The third-order valence-electron chi connectivity index (χ3n) is 4.60. The van der Waals surface area contributed by atoms with Gasteiger partial charge in [-0.05, 0) is 47.5 Å². The molecule has 0 unspecified atom stereocenters. The third-order valence-corrected chi connectivity index (χ3v) is 4.60. The van der Waals surface area contributed by atoms with Gasteiger partial charge in [0.15, 0.2) is 6.54 Å². The van der Waals surface area contributed by atoms with Gasteiger partial charge in [-0.3, -0.25) is 4.79 Å². The first kappa shape index (κ1) is 16.4. The number of ketones is 1. The number of fused-ring (bicyclic) bond motifs is 1. The van der Waals surface area contributed by atoms with Gasteiger partial charge in [-0.15, -0.1) is 0 Å². The average molecular weight is 349 g/mol. The fourth-order valence-electron chi connectivity index (χ4n) is 3.21. The summed E-state index contributed by atoms with van der Waals surface area (Å²) in [6, 6.07) is 13.5. The monoisotopic (exact) mass is 349 g/mol. The number of hydrogen-bond donors (Lipinski definition) is 0. The van der Waals surface area contributed by atoms with Crippen molar-refractivity contribution in [2.75, 3.05) is 13.7 Å². The van der Waals surface area contributed by atoms with E-state index in [0.717, 1.165) is 31.1 Å². The lowest BCUT2D eigenvalue weighted by molar-refractivity contribution is -0.687. The molecule has 1 aromatic heterocycles. The van der Waals surface area contributed by atoms with Gasteiger partial charge in [0.2, 0.25) is 12.1 Å². The Hall–Kier alpha value is -3.08. The van der Waals surface area contributed by atoms with E-state index in [1.165, 1.54) is 11.1 Å². The number of ether oxygens (including phenoxy) is 2. The average Bonchev–Trinajstić information content (AvgIpc) is 3.30. The van der Waals surface area contributed by atoms with Crippen LogP contribution in [0.2, 0.25) is 0 Å². The van der Waals surface area contributed by atoms with Crippen LogP contribution in [0, 0.1) is 0 Å². The van der Waals surface area contributed by atoms with Gasteiger partial charge in [-0.25, -0.2) is 9.13 Å². The van der Waals surface area contributed by atoms with E-state index in [4.69, 9.17) is 9.47 Å². The summed E-state index contributed by atoms with van der Waals surface area (Å²) < 4.78 is 14.7. The smallest absolute Gasteiger partial charge is 0.244 e. The Morgan fingerprint density at radius 1 is 1.23 bits per heavy atom. The quantitative estimate of drug-likeness (QED) is 0.508. The summed E-state index contributed by atoms with van der Waals surface area (Å²) in [4.78, 5) is 12.4. The van der Waals surface area contributed by atoms with Crippen LogP contribution in [-0.2, 0) is 19.5 Å². The molecule has 2 heterocycles. The molecule has 5 heteroatoms. The van der Waals surface area contributed by atoms with Gasteiger partial charge in [-0.2, -0.15) is 0 Å². The minimum atomic E-state index is 0.0742. The minimum Gasteiger partial charge on any atom is -0.497 e. The Kier molecular flexibility index (Phi) is 4.44. The molecule has 3 aromatic rings. The van der Waals surface area contributed by atoms with E-state index in [2.05, 4.69) is 16.7 Å². The van der Waals surface area contributed by atoms with Gasteiger partial charge in [0.25, 0.3) is 0 Å². The van der Waals surface area contributed by atoms with Crippen LogP contribution in [0.5, 0.6) is 11.5 Å². The van der Waals surface area contributed by atoms with Crippen molar-refractivity contribution in [3.05, 3.63) is 77.9 Å². The highest BCUT2D eigenvalue weighted by Crippen LogP contribution is 2.25. The molecule has 0 bridgehead atoms. The van der Waals surface area contributed by atoms with Gasteiger partial charge in [-0.1, -0.05) is 6.07 Å². The topological polar surface area (TPSA) is 44.3 Å². The molecule has 0 aliphatic carbocycles. The number of imidazole rings is 1. The van der Waals surface area contributed by atoms with Crippen LogP contribution in [0.15, 0.2) is 61.2 Å². The van der Waals surface area contributed by atoms with Gasteiger partial charge in [0, 0.05) is 12.0 Å². The van der Waals surface area contributed by atoms with Crippen molar-refractivity contribution in [1.29, 1.82) is 0 Å². The first-order valence-corrected chi connectivity index (χ1v) is 8.68. The van der Waals surface area contributed by atoms with E-state index >= 15 is 0 Å². The molecule has 0 spiro atoms. The Morgan fingerprint density at radius 3 is 2.88 bits per heavy atom. The molecule has 0 fully saturated rings. The standard InChI is InChI=1S/C21H21N2O3/c1-25-19-5-3-17(4-6-19)20(24)14-23-10-9-22(15-23)13-16-2-7-21-18(12-16)8-11-26-21/h2-7,9-10,12,15H,8,11,13-14H2,1H3/q+1. The maximum Gasteiger partial charge on any atom is 0.244 e. The Labute approximate surface area is 152 Å². The lowest BCUT2D eigenvalue weighted by Gasteiger charge is -2.02. The first-order chi connectivity index (χ1) is 12.7. The van der Waals surface area contributed by atoms with Crippen LogP contribution in [0.25, 0.3) is 0 Å². The number of hydrogen-bond acceptors (Lipinski definition) is 3. The van der Waals surface area contributed by atoms with Crippen molar-refractivity contribution in [2.45, 2.75) is 19.5 Å². The molecule has 0 amide bonds. The van der Waals surface area contributed by atoms with Crippen LogP contribution in [0.4, 0.5) is 0 Å². The highest BCUT2D eigenvalue weighted by atomic mass is 16.5. The van der Waals surface area contributed by atoms with Crippen molar-refractivity contribution in [3.63, 3.8) is 0 Å². The predicted octanol–water partition coefficient (Wildman–Crippen LogP) is 2.65. The van der Waals surface area contributed by atoms with E-state index in [0.29, 0.717) is 12.1 Å². The number of benzene rings is 2. The van der Waals surface area contributed by atoms with Crippen molar-refractivity contribution >= 4 is 5.78 Å². The maximum absolute atomic E-state index is 12.4. The van der Waals surface area contributed by atoms with Gasteiger partial charge in [0.1, 0.15) is 30.4 Å². The maximum atomic E-state index is 12.4. The number of aromatic nitrogens is 2. The molecule has 1 aliphatic rings. The van der Waals surface area contributed by atoms with E-state index < -0.39 is 0 Å². The summed E-state index contributed by atoms with van der Waals surface area (Å²) in [6.07, 6.45) is 6.86. The molecule has 0 saturated heterocycles. The lowest BCUT2D eigenvalue weighted by atomic mass is 10.1. The fourth-order valence-corrected chi connectivity index (χ4v) is 3.21. The normalized spacial score (nSPS) is 12.5. The molecule has 2 aromatic carbocycles. The number of rotatable bonds is 6. The second kappa shape index (κ2) is 7.04. The fraction of sp³-hybridized carbons (Fsp3) is 0.238. The summed E-state index contributed by atoms with van der Waals surface area (Å²) in [7, 11) is 1.61. The highest BCUT2D eigenvalue weighted by Gasteiger charge is 2.14. The number of Topliss-reactive ketones (excluding diaryl/α,β-unsaturated/α-hetero) is 1. The molecular weight excluding hydrogens is 328 g/mol. The zero-order valence-electron chi connectivity index (χ0n) is 14.7. The Bertz CT molecular complexity index is 929. The second-order valence-corrected chi connectivity index (χ2v) is 6.45. The zero-order valence-corrected chi connectivity index (χ0v) is 14.7. The molecule has 0 N–H and O–H groups in total. The Balaban J connectivity index is 1.41. The van der Waals surface area contributed by atoms with Crippen LogP contribution in [0.3, 0.4) is 0 Å². The number of nitrogens with zero attached hydrogens (tertiary/aromatic N) is 2. The predicted molar refractivity (Wildman–Crippen MR) is 96.7 cm³/mol. The third kappa shape index (κ3) is 3.47. The van der Waals surface area contributed by atoms with Gasteiger partial charge in [0.05, 0.1) is 13.7 Å². The first-order valence-electron chi connectivity index (χ1n) is 8.68. The molecule has 0 saturated carbocycles. The summed E-state index contributed by atoms with van der Waals surface area (Å²) in [5.74, 6) is 1.83. The van der Waals surface area contributed by atoms with Crippen molar-refractivity contribution < 1.29 is 18.8 Å². The van der Waals surface area contributed by atoms with Crippen LogP contribution >= 0.6 is 0 Å². The highest BCUT2D eigenvalue weighted by molar-refractivity contribution is 5.95. The lowest BCUT2D eigenvalue weighted by Crippen LogP contribution is -2.31. The van der Waals surface area contributed by atoms with Gasteiger partial charge < -0.3 is 9.47 Å². The zero-order chi connectivity index (χ0) is 17.9. The largest absolute Gasteiger partial charge is 0.497 e. The molecule has 0 atom stereocenters. The molecule has 5 nitrogen and oxygen atoms in total. The molecule has 0 radical (unpaired) electrons. The Morgan fingerprint density at radius 2 is 2.08 bits per heavy atom. The van der Waals surface area contributed by atoms with Crippen LogP contribution < -0.4 is 14.0 Å². The van der Waals surface area contributed by atoms with E-state index in [9.17, 15) is 4.79 Å². The summed E-state index contributed by atoms with van der Waals surface area (Å²) in [5, 5.41) is 0. The van der Waals surface area contributed by atoms with E-state index in [1.807, 2.05) is 29.4 Å². The molecule has 26 heavy (non-hydrogen) atoms. The van der Waals surface area contributed by atoms with Crippen molar-refractivity contribution in [1.82, 2.24) is 4.57 Å². The molecule has 4 rings (SSSR count). The molecular formula is C21H21N2O3+. The van der Waals surface area contributed by atoms with Crippen LogP contribution in [-0.4, -0.2) is 24.1 Å². The van der Waals surface area contributed by atoms with E-state index in [1.54, 1.807) is 31.4 Å². The number of carbonyl (C=O) groups is 1. The number of methoxy groups -OCH3 is 1. The SMILES string of the molecule is COc1ccc(C(=O)Cn2cc[n+](Cc3ccc4c(c3)CCO4)c2)cc1. The van der Waals surface area contributed by atoms with Gasteiger partial charge >= 0.3 is 0 Å². The minimum absolute atomic E-state index is 0.0742. The van der Waals surface area contributed by atoms with Crippen molar-refractivity contribution in [2.24, 2.45) is 0 Å².